The fraction of sp³-hybridized carbons (Fsp3) is 0.538. The van der Waals surface area contributed by atoms with Crippen molar-refractivity contribution in [2.24, 2.45) is 0 Å². The van der Waals surface area contributed by atoms with Gasteiger partial charge in [-0.05, 0) is 35.4 Å². The van der Waals surface area contributed by atoms with E-state index in [0.717, 1.165) is 5.92 Å². The van der Waals surface area contributed by atoms with Crippen LogP contribution in [-0.4, -0.2) is 5.75 Å². The van der Waals surface area contributed by atoms with Gasteiger partial charge in [0.1, 0.15) is 0 Å². The van der Waals surface area contributed by atoms with Gasteiger partial charge in [-0.2, -0.15) is 0 Å². The number of hydrogen-bond acceptors (Lipinski definition) is 1. The minimum Gasteiger partial charge on any atom is -0.125 e. The van der Waals surface area contributed by atoms with Crippen LogP contribution in [0.25, 0.3) is 0 Å². The molecule has 0 bridgehead atoms. The standard InChI is InChI=1S/C13H18S/c1-8(2)11-5-6-12-9(3)7-14-13(12)10(11)4/h5-6,8-9H,7H2,1-4H3. The lowest BCUT2D eigenvalue weighted by Crippen LogP contribution is -1.96. The second-order valence-electron chi connectivity index (χ2n) is 4.56. The van der Waals surface area contributed by atoms with Crippen molar-refractivity contribution in [3.05, 3.63) is 28.8 Å². The number of thioether (sulfide) groups is 1. The Bertz CT molecular complexity index is 352. The van der Waals surface area contributed by atoms with Crippen LogP contribution in [0.5, 0.6) is 0 Å². The van der Waals surface area contributed by atoms with Crippen LogP contribution < -0.4 is 0 Å². The fourth-order valence-electron chi connectivity index (χ4n) is 2.23. The number of benzene rings is 1. The highest BCUT2D eigenvalue weighted by Gasteiger charge is 2.22. The normalized spacial score (nSPS) is 20.2. The first kappa shape index (κ1) is 10.1. The molecule has 0 nitrogen and oxygen atoms in total. The summed E-state index contributed by atoms with van der Waals surface area (Å²) in [6.45, 7) is 9.15. The molecule has 14 heavy (non-hydrogen) atoms. The summed E-state index contributed by atoms with van der Waals surface area (Å²) in [4.78, 5) is 1.56. The number of fused-ring (bicyclic) bond motifs is 1. The van der Waals surface area contributed by atoms with E-state index in [0.29, 0.717) is 5.92 Å². The lowest BCUT2D eigenvalue weighted by molar-refractivity contribution is 0.831. The third-order valence-electron chi connectivity index (χ3n) is 3.11. The maximum absolute atomic E-state index is 2.34. The van der Waals surface area contributed by atoms with Crippen molar-refractivity contribution in [2.75, 3.05) is 5.75 Å². The first-order valence-electron chi connectivity index (χ1n) is 5.37. The van der Waals surface area contributed by atoms with Crippen LogP contribution in [0.15, 0.2) is 17.0 Å². The van der Waals surface area contributed by atoms with Gasteiger partial charge < -0.3 is 0 Å². The molecule has 1 atom stereocenters. The largest absolute Gasteiger partial charge is 0.125 e. The summed E-state index contributed by atoms with van der Waals surface area (Å²) in [5.74, 6) is 2.66. The zero-order valence-corrected chi connectivity index (χ0v) is 10.2. The van der Waals surface area contributed by atoms with Crippen LogP contribution in [0.3, 0.4) is 0 Å². The summed E-state index contributed by atoms with van der Waals surface area (Å²) in [5.41, 5.74) is 4.61. The predicted octanol–water partition coefficient (Wildman–Crippen LogP) is 4.33. The average molecular weight is 206 g/mol. The lowest BCUT2D eigenvalue weighted by atomic mass is 9.93. The molecule has 0 radical (unpaired) electrons. The Morgan fingerprint density at radius 1 is 1.36 bits per heavy atom. The van der Waals surface area contributed by atoms with E-state index in [1.807, 2.05) is 11.8 Å². The molecule has 1 aliphatic rings. The third kappa shape index (κ3) is 1.48. The minimum atomic E-state index is 0.650. The van der Waals surface area contributed by atoms with Crippen molar-refractivity contribution in [2.45, 2.75) is 44.4 Å². The minimum absolute atomic E-state index is 0.650. The van der Waals surface area contributed by atoms with E-state index in [2.05, 4.69) is 39.8 Å². The van der Waals surface area contributed by atoms with Gasteiger partial charge >= 0.3 is 0 Å². The van der Waals surface area contributed by atoms with Crippen molar-refractivity contribution in [3.63, 3.8) is 0 Å². The summed E-state index contributed by atoms with van der Waals surface area (Å²) in [5, 5.41) is 0. The van der Waals surface area contributed by atoms with Crippen molar-refractivity contribution < 1.29 is 0 Å². The third-order valence-corrected chi connectivity index (χ3v) is 4.61. The highest BCUT2D eigenvalue weighted by atomic mass is 32.2. The van der Waals surface area contributed by atoms with Gasteiger partial charge in [-0.1, -0.05) is 32.9 Å². The molecule has 0 N–H and O–H groups in total. The Morgan fingerprint density at radius 2 is 2.07 bits per heavy atom. The van der Waals surface area contributed by atoms with E-state index >= 15 is 0 Å². The molecule has 0 amide bonds. The van der Waals surface area contributed by atoms with E-state index in [1.54, 1.807) is 10.5 Å². The smallest absolute Gasteiger partial charge is 0.0139 e. The van der Waals surface area contributed by atoms with Crippen LogP contribution in [0.2, 0.25) is 0 Å². The Kier molecular flexibility index (Phi) is 2.61. The Balaban J connectivity index is 2.53. The van der Waals surface area contributed by atoms with Crippen LogP contribution >= 0.6 is 11.8 Å². The van der Waals surface area contributed by atoms with E-state index in [9.17, 15) is 0 Å². The highest BCUT2D eigenvalue weighted by molar-refractivity contribution is 7.99. The van der Waals surface area contributed by atoms with Crippen LogP contribution in [0.1, 0.15) is 49.3 Å². The van der Waals surface area contributed by atoms with Crippen LogP contribution in [0.4, 0.5) is 0 Å². The lowest BCUT2D eigenvalue weighted by Gasteiger charge is -2.13. The summed E-state index contributed by atoms with van der Waals surface area (Å²) in [6.07, 6.45) is 0. The second-order valence-corrected chi connectivity index (χ2v) is 5.60. The second kappa shape index (κ2) is 3.62. The van der Waals surface area contributed by atoms with Gasteiger partial charge in [-0.3, -0.25) is 0 Å². The Morgan fingerprint density at radius 3 is 2.71 bits per heavy atom. The molecule has 1 aliphatic heterocycles. The molecule has 1 unspecified atom stereocenters. The summed E-state index contributed by atoms with van der Waals surface area (Å²) < 4.78 is 0. The highest BCUT2D eigenvalue weighted by Crippen LogP contribution is 2.43. The first-order chi connectivity index (χ1) is 6.61. The van der Waals surface area contributed by atoms with Crippen molar-refractivity contribution >= 4 is 11.8 Å². The number of hydrogen-bond donors (Lipinski definition) is 0. The first-order valence-corrected chi connectivity index (χ1v) is 6.36. The van der Waals surface area contributed by atoms with Gasteiger partial charge in [0.15, 0.2) is 0 Å². The maximum Gasteiger partial charge on any atom is 0.0139 e. The summed E-state index contributed by atoms with van der Waals surface area (Å²) >= 11 is 2.03. The molecular weight excluding hydrogens is 188 g/mol. The molecular formula is C13H18S. The van der Waals surface area contributed by atoms with Gasteiger partial charge in [0.05, 0.1) is 0 Å². The van der Waals surface area contributed by atoms with E-state index in [1.165, 1.54) is 16.9 Å². The van der Waals surface area contributed by atoms with Crippen molar-refractivity contribution in [1.29, 1.82) is 0 Å². The Hall–Kier alpha value is -0.430. The van der Waals surface area contributed by atoms with Gasteiger partial charge in [-0.15, -0.1) is 11.8 Å². The van der Waals surface area contributed by atoms with Crippen LogP contribution in [-0.2, 0) is 0 Å². The van der Waals surface area contributed by atoms with Gasteiger partial charge in [0.2, 0.25) is 0 Å². The van der Waals surface area contributed by atoms with Crippen molar-refractivity contribution in [3.8, 4) is 0 Å². The van der Waals surface area contributed by atoms with Crippen molar-refractivity contribution in [1.82, 2.24) is 0 Å². The zero-order valence-electron chi connectivity index (χ0n) is 9.42. The van der Waals surface area contributed by atoms with Gasteiger partial charge in [-0.25, -0.2) is 0 Å². The fourth-order valence-corrected chi connectivity index (χ4v) is 3.60. The molecule has 76 valence electrons. The molecule has 1 heterocycles. The SMILES string of the molecule is Cc1c(C(C)C)ccc2c1SCC2C. The van der Waals surface area contributed by atoms with E-state index in [-0.39, 0.29) is 0 Å². The molecule has 1 aromatic carbocycles. The quantitative estimate of drug-likeness (QED) is 0.659. The molecule has 0 aliphatic carbocycles. The predicted molar refractivity (Wildman–Crippen MR) is 64.4 cm³/mol. The molecule has 1 aromatic rings. The maximum atomic E-state index is 2.34. The Labute approximate surface area is 91.1 Å². The zero-order chi connectivity index (χ0) is 10.3. The molecule has 0 saturated heterocycles. The van der Waals surface area contributed by atoms with Crippen LogP contribution in [0, 0.1) is 6.92 Å². The molecule has 0 saturated carbocycles. The topological polar surface area (TPSA) is 0 Å². The summed E-state index contributed by atoms with van der Waals surface area (Å²) in [6, 6.07) is 4.66. The number of rotatable bonds is 1. The molecule has 0 aromatic heterocycles. The molecule has 1 heteroatoms. The summed E-state index contributed by atoms with van der Waals surface area (Å²) in [7, 11) is 0. The van der Waals surface area contributed by atoms with Gasteiger partial charge in [0, 0.05) is 10.6 Å². The molecule has 0 fully saturated rings. The van der Waals surface area contributed by atoms with E-state index in [4.69, 9.17) is 0 Å². The van der Waals surface area contributed by atoms with Gasteiger partial charge in [0.25, 0.3) is 0 Å². The monoisotopic (exact) mass is 206 g/mol. The van der Waals surface area contributed by atoms with E-state index < -0.39 is 0 Å². The molecule has 2 rings (SSSR count). The average Bonchev–Trinajstić information content (AvgIpc) is 2.49. The molecule has 0 spiro atoms.